The molecule has 0 aliphatic rings. The molecule has 0 bridgehead atoms. The first kappa shape index (κ1) is 16.0. The van der Waals surface area contributed by atoms with E-state index in [1.807, 2.05) is 43.3 Å². The first-order valence-electron chi connectivity index (χ1n) is 8.22. The van der Waals surface area contributed by atoms with Gasteiger partial charge < -0.3 is 5.32 Å². The summed E-state index contributed by atoms with van der Waals surface area (Å²) < 4.78 is 1.32. The molecule has 2 heterocycles. The maximum Gasteiger partial charge on any atom is 0.261 e. The highest BCUT2D eigenvalue weighted by atomic mass is 16.2. The topological polar surface area (TPSA) is 76.9 Å². The molecule has 128 valence electrons. The fourth-order valence-electron chi connectivity index (χ4n) is 3.00. The quantitative estimate of drug-likeness (QED) is 0.620. The van der Waals surface area contributed by atoms with E-state index in [0.717, 1.165) is 10.9 Å². The Bertz CT molecular complexity index is 1190. The van der Waals surface area contributed by atoms with E-state index in [2.05, 4.69) is 15.3 Å². The molecule has 26 heavy (non-hydrogen) atoms. The van der Waals surface area contributed by atoms with Gasteiger partial charge in [-0.3, -0.25) is 19.1 Å². The van der Waals surface area contributed by atoms with Gasteiger partial charge in [-0.15, -0.1) is 0 Å². The zero-order valence-corrected chi connectivity index (χ0v) is 14.1. The summed E-state index contributed by atoms with van der Waals surface area (Å²) in [6.07, 6.45) is 3.09. The van der Waals surface area contributed by atoms with Crippen LogP contribution in [0.25, 0.3) is 21.8 Å². The Kier molecular flexibility index (Phi) is 3.93. The molecule has 2 aromatic heterocycles. The number of aryl methyl sites for hydroxylation is 1. The largest absolute Gasteiger partial charge is 0.323 e. The van der Waals surface area contributed by atoms with Crippen LogP contribution < -0.4 is 10.9 Å². The Labute approximate surface area is 149 Å². The minimum atomic E-state index is -0.306. The van der Waals surface area contributed by atoms with E-state index in [0.29, 0.717) is 22.1 Å². The van der Waals surface area contributed by atoms with Crippen LogP contribution in [0.1, 0.15) is 5.56 Å². The standard InChI is InChI=1S/C20H16N4O2/c1-13-5-2-8-15-18(13)22-12-24(20(15)26)11-17(25)23-16-9-3-6-14-7-4-10-21-19(14)16/h2-10,12H,11H2,1H3,(H,23,25). The highest BCUT2D eigenvalue weighted by molar-refractivity contribution is 6.00. The Morgan fingerprint density at radius 1 is 1.04 bits per heavy atom. The number of benzene rings is 2. The molecule has 6 heteroatoms. The van der Waals surface area contributed by atoms with Gasteiger partial charge in [0.2, 0.25) is 5.91 Å². The molecule has 0 spiro atoms. The summed E-state index contributed by atoms with van der Waals surface area (Å²) in [5.74, 6) is -0.306. The van der Waals surface area contributed by atoms with Crippen LogP contribution in [0, 0.1) is 6.92 Å². The van der Waals surface area contributed by atoms with Gasteiger partial charge in [-0.1, -0.05) is 30.3 Å². The molecule has 0 aliphatic heterocycles. The Hall–Kier alpha value is -3.54. The Morgan fingerprint density at radius 3 is 2.73 bits per heavy atom. The molecule has 0 unspecified atom stereocenters. The van der Waals surface area contributed by atoms with Crippen molar-refractivity contribution in [2.45, 2.75) is 13.5 Å². The average Bonchev–Trinajstić information content (AvgIpc) is 2.65. The molecule has 4 rings (SSSR count). The van der Waals surface area contributed by atoms with Crippen LogP contribution in [0.5, 0.6) is 0 Å². The SMILES string of the molecule is Cc1cccc2c(=O)n(CC(=O)Nc3cccc4cccnc34)cnc12. The molecule has 0 saturated carbocycles. The summed E-state index contributed by atoms with van der Waals surface area (Å²) >= 11 is 0. The second kappa shape index (κ2) is 6.40. The summed E-state index contributed by atoms with van der Waals surface area (Å²) in [6.45, 7) is 1.79. The molecule has 4 aromatic rings. The number of amides is 1. The number of anilines is 1. The molecule has 0 aliphatic carbocycles. The zero-order valence-electron chi connectivity index (χ0n) is 14.1. The smallest absolute Gasteiger partial charge is 0.261 e. The van der Waals surface area contributed by atoms with Gasteiger partial charge in [0.05, 0.1) is 28.4 Å². The fourth-order valence-corrected chi connectivity index (χ4v) is 3.00. The van der Waals surface area contributed by atoms with Crippen molar-refractivity contribution in [3.05, 3.63) is 77.0 Å². The zero-order chi connectivity index (χ0) is 18.1. The first-order chi connectivity index (χ1) is 12.6. The number of rotatable bonds is 3. The molecule has 0 radical (unpaired) electrons. The first-order valence-corrected chi connectivity index (χ1v) is 8.22. The van der Waals surface area contributed by atoms with Crippen LogP contribution in [-0.4, -0.2) is 20.4 Å². The molecule has 0 saturated heterocycles. The lowest BCUT2D eigenvalue weighted by Gasteiger charge is -2.10. The summed E-state index contributed by atoms with van der Waals surface area (Å²) in [5, 5.41) is 4.27. The Morgan fingerprint density at radius 2 is 1.85 bits per heavy atom. The minimum absolute atomic E-state index is 0.112. The van der Waals surface area contributed by atoms with Crippen LogP contribution in [0.4, 0.5) is 5.69 Å². The van der Waals surface area contributed by atoms with E-state index in [4.69, 9.17) is 0 Å². The molecular weight excluding hydrogens is 328 g/mol. The van der Waals surface area contributed by atoms with E-state index in [9.17, 15) is 9.59 Å². The summed E-state index contributed by atoms with van der Waals surface area (Å²) in [6, 6.07) is 14.8. The third-order valence-electron chi connectivity index (χ3n) is 4.28. The maximum absolute atomic E-state index is 12.6. The lowest BCUT2D eigenvalue weighted by Crippen LogP contribution is -2.28. The van der Waals surface area contributed by atoms with Crippen molar-refractivity contribution in [1.82, 2.24) is 14.5 Å². The molecule has 6 nitrogen and oxygen atoms in total. The van der Waals surface area contributed by atoms with Crippen molar-refractivity contribution in [2.75, 3.05) is 5.32 Å². The number of pyridine rings is 1. The predicted octanol–water partition coefficient (Wildman–Crippen LogP) is 2.89. The predicted molar refractivity (Wildman–Crippen MR) is 101 cm³/mol. The normalized spacial score (nSPS) is 11.0. The number of hydrogen-bond acceptors (Lipinski definition) is 4. The van der Waals surface area contributed by atoms with Crippen molar-refractivity contribution in [3.8, 4) is 0 Å². The molecule has 1 N–H and O–H groups in total. The molecule has 0 atom stereocenters. The van der Waals surface area contributed by atoms with Crippen LogP contribution in [0.3, 0.4) is 0 Å². The Balaban J connectivity index is 1.63. The average molecular weight is 344 g/mol. The van der Waals surface area contributed by atoms with Crippen molar-refractivity contribution < 1.29 is 4.79 Å². The maximum atomic E-state index is 12.6. The van der Waals surface area contributed by atoms with Gasteiger partial charge in [0.25, 0.3) is 5.56 Å². The van der Waals surface area contributed by atoms with Gasteiger partial charge in [-0.25, -0.2) is 4.98 Å². The van der Waals surface area contributed by atoms with Crippen LogP contribution >= 0.6 is 0 Å². The van der Waals surface area contributed by atoms with E-state index in [1.54, 1.807) is 18.3 Å². The van der Waals surface area contributed by atoms with Crippen molar-refractivity contribution in [3.63, 3.8) is 0 Å². The number of carbonyl (C=O) groups excluding carboxylic acids is 1. The van der Waals surface area contributed by atoms with Gasteiger partial charge in [0, 0.05) is 11.6 Å². The number of nitrogens with zero attached hydrogens (tertiary/aromatic N) is 3. The lowest BCUT2D eigenvalue weighted by atomic mass is 10.1. The van der Waals surface area contributed by atoms with Crippen molar-refractivity contribution >= 4 is 33.4 Å². The van der Waals surface area contributed by atoms with E-state index in [1.165, 1.54) is 10.9 Å². The number of aromatic nitrogens is 3. The van der Waals surface area contributed by atoms with Crippen molar-refractivity contribution in [2.24, 2.45) is 0 Å². The number of para-hydroxylation sites is 2. The van der Waals surface area contributed by atoms with Crippen molar-refractivity contribution in [1.29, 1.82) is 0 Å². The fraction of sp³-hybridized carbons (Fsp3) is 0.100. The monoisotopic (exact) mass is 344 g/mol. The van der Waals surface area contributed by atoms with Crippen LogP contribution in [0.15, 0.2) is 65.8 Å². The molecule has 1 amide bonds. The molecule has 2 aromatic carbocycles. The van der Waals surface area contributed by atoms with Gasteiger partial charge in [-0.2, -0.15) is 0 Å². The van der Waals surface area contributed by atoms with Gasteiger partial charge in [0.15, 0.2) is 0 Å². The van der Waals surface area contributed by atoms with Gasteiger partial charge in [-0.05, 0) is 30.7 Å². The number of carbonyl (C=O) groups is 1. The summed E-state index contributed by atoms with van der Waals surface area (Å²) in [5.41, 5.74) is 2.68. The van der Waals surface area contributed by atoms with Crippen LogP contribution in [0.2, 0.25) is 0 Å². The van der Waals surface area contributed by atoms with Crippen LogP contribution in [-0.2, 0) is 11.3 Å². The van der Waals surface area contributed by atoms with Gasteiger partial charge in [0.1, 0.15) is 6.54 Å². The highest BCUT2D eigenvalue weighted by Gasteiger charge is 2.11. The van der Waals surface area contributed by atoms with E-state index in [-0.39, 0.29) is 18.0 Å². The van der Waals surface area contributed by atoms with Gasteiger partial charge >= 0.3 is 0 Å². The molecular formula is C20H16N4O2. The summed E-state index contributed by atoms with van der Waals surface area (Å²) in [7, 11) is 0. The van der Waals surface area contributed by atoms with E-state index >= 15 is 0 Å². The number of hydrogen-bond donors (Lipinski definition) is 1. The molecule has 0 fully saturated rings. The summed E-state index contributed by atoms with van der Waals surface area (Å²) in [4.78, 5) is 33.7. The lowest BCUT2D eigenvalue weighted by molar-refractivity contribution is -0.116. The second-order valence-electron chi connectivity index (χ2n) is 6.08. The third-order valence-corrected chi connectivity index (χ3v) is 4.28. The third kappa shape index (κ3) is 2.82. The highest BCUT2D eigenvalue weighted by Crippen LogP contribution is 2.20. The number of nitrogens with one attached hydrogen (secondary N) is 1. The van der Waals surface area contributed by atoms with E-state index < -0.39 is 0 Å². The minimum Gasteiger partial charge on any atom is -0.323 e. The second-order valence-corrected chi connectivity index (χ2v) is 6.08. The number of fused-ring (bicyclic) bond motifs is 2.